The van der Waals surface area contributed by atoms with Crippen LogP contribution >= 0.6 is 0 Å². The van der Waals surface area contributed by atoms with E-state index in [9.17, 15) is 4.79 Å². The Labute approximate surface area is 94.6 Å². The van der Waals surface area contributed by atoms with E-state index in [1.165, 1.54) is 6.33 Å². The van der Waals surface area contributed by atoms with Gasteiger partial charge in [-0.1, -0.05) is 0 Å². The molecule has 86 valence electrons. The van der Waals surface area contributed by atoms with Crippen LogP contribution in [0.25, 0.3) is 0 Å². The fourth-order valence-electron chi connectivity index (χ4n) is 1.35. The van der Waals surface area contributed by atoms with Gasteiger partial charge in [-0.15, -0.1) is 12.3 Å². The standard InChI is InChI=1S/C11H15N3O2/c1-4-6-8(3)14-7-13-9(10(14)12)11(15)16-5-2/h1,7-8H,5-6,12H2,2-3H3. The number of ether oxygens (including phenoxy) is 1. The van der Waals surface area contributed by atoms with Crippen LogP contribution in [0.3, 0.4) is 0 Å². The maximum absolute atomic E-state index is 11.4. The number of anilines is 1. The van der Waals surface area contributed by atoms with E-state index in [2.05, 4.69) is 10.9 Å². The van der Waals surface area contributed by atoms with Crippen LogP contribution in [0.4, 0.5) is 5.82 Å². The number of rotatable bonds is 4. The van der Waals surface area contributed by atoms with Gasteiger partial charge in [-0.25, -0.2) is 9.78 Å². The Kier molecular flexibility index (Phi) is 3.95. The van der Waals surface area contributed by atoms with E-state index in [0.717, 1.165) is 0 Å². The number of terminal acetylenes is 1. The Morgan fingerprint density at radius 1 is 1.81 bits per heavy atom. The topological polar surface area (TPSA) is 70.1 Å². The molecule has 0 amide bonds. The van der Waals surface area contributed by atoms with Gasteiger partial charge in [0, 0.05) is 12.5 Å². The van der Waals surface area contributed by atoms with Crippen molar-refractivity contribution < 1.29 is 9.53 Å². The Morgan fingerprint density at radius 2 is 2.50 bits per heavy atom. The Bertz CT molecular complexity index is 417. The Balaban J connectivity index is 2.93. The largest absolute Gasteiger partial charge is 0.461 e. The number of nitrogens with two attached hydrogens (primary N) is 1. The summed E-state index contributed by atoms with van der Waals surface area (Å²) >= 11 is 0. The molecule has 5 nitrogen and oxygen atoms in total. The summed E-state index contributed by atoms with van der Waals surface area (Å²) in [7, 11) is 0. The lowest BCUT2D eigenvalue weighted by atomic mass is 10.2. The Hall–Kier alpha value is -1.96. The lowest BCUT2D eigenvalue weighted by Gasteiger charge is -2.11. The number of nitrogens with zero attached hydrogens (tertiary/aromatic N) is 2. The van der Waals surface area contributed by atoms with E-state index >= 15 is 0 Å². The smallest absolute Gasteiger partial charge is 0.360 e. The lowest BCUT2D eigenvalue weighted by Crippen LogP contribution is -2.11. The summed E-state index contributed by atoms with van der Waals surface area (Å²) < 4.78 is 6.50. The third-order valence-electron chi connectivity index (χ3n) is 2.19. The minimum Gasteiger partial charge on any atom is -0.461 e. The van der Waals surface area contributed by atoms with E-state index in [4.69, 9.17) is 16.9 Å². The fraction of sp³-hybridized carbons (Fsp3) is 0.455. The van der Waals surface area contributed by atoms with Crippen LogP contribution < -0.4 is 5.73 Å². The molecular formula is C11H15N3O2. The van der Waals surface area contributed by atoms with Gasteiger partial charge in [-0.3, -0.25) is 0 Å². The van der Waals surface area contributed by atoms with E-state index in [-0.39, 0.29) is 11.7 Å². The first kappa shape index (κ1) is 12.1. The number of hydrogen-bond acceptors (Lipinski definition) is 4. The number of nitrogen functional groups attached to an aromatic ring is 1. The summed E-state index contributed by atoms with van der Waals surface area (Å²) in [6.07, 6.45) is 7.25. The minimum atomic E-state index is -0.508. The highest BCUT2D eigenvalue weighted by Crippen LogP contribution is 2.19. The third-order valence-corrected chi connectivity index (χ3v) is 2.19. The molecule has 0 aliphatic carbocycles. The van der Waals surface area contributed by atoms with Gasteiger partial charge in [0.2, 0.25) is 0 Å². The lowest BCUT2D eigenvalue weighted by molar-refractivity contribution is 0.0521. The molecule has 0 fully saturated rings. The molecule has 5 heteroatoms. The van der Waals surface area contributed by atoms with Gasteiger partial charge in [0.1, 0.15) is 5.82 Å². The molecule has 0 aliphatic rings. The zero-order chi connectivity index (χ0) is 12.1. The van der Waals surface area contributed by atoms with Gasteiger partial charge in [0.15, 0.2) is 5.69 Å². The number of hydrogen-bond donors (Lipinski definition) is 1. The van der Waals surface area contributed by atoms with Gasteiger partial charge >= 0.3 is 5.97 Å². The average molecular weight is 221 g/mol. The number of carbonyl (C=O) groups excluding carboxylic acids is 1. The maximum atomic E-state index is 11.4. The van der Waals surface area contributed by atoms with Crippen molar-refractivity contribution in [3.05, 3.63) is 12.0 Å². The van der Waals surface area contributed by atoms with Gasteiger partial charge in [-0.2, -0.15) is 0 Å². The van der Waals surface area contributed by atoms with E-state index < -0.39 is 5.97 Å². The molecule has 1 atom stereocenters. The zero-order valence-corrected chi connectivity index (χ0v) is 9.43. The van der Waals surface area contributed by atoms with E-state index in [1.54, 1.807) is 11.5 Å². The van der Waals surface area contributed by atoms with Crippen molar-refractivity contribution in [3.63, 3.8) is 0 Å². The van der Waals surface area contributed by atoms with Crippen LogP contribution in [-0.2, 0) is 4.74 Å². The molecule has 1 heterocycles. The quantitative estimate of drug-likeness (QED) is 0.613. The molecular weight excluding hydrogens is 206 g/mol. The molecule has 16 heavy (non-hydrogen) atoms. The molecule has 0 spiro atoms. The molecule has 0 saturated heterocycles. The van der Waals surface area contributed by atoms with Crippen molar-refractivity contribution in [2.45, 2.75) is 26.3 Å². The molecule has 0 aliphatic heterocycles. The van der Waals surface area contributed by atoms with Crippen molar-refractivity contribution in [2.24, 2.45) is 0 Å². The third kappa shape index (κ3) is 2.34. The van der Waals surface area contributed by atoms with Gasteiger partial charge in [0.25, 0.3) is 0 Å². The van der Waals surface area contributed by atoms with Crippen LogP contribution in [0.1, 0.15) is 36.8 Å². The van der Waals surface area contributed by atoms with Crippen LogP contribution in [0.2, 0.25) is 0 Å². The molecule has 1 unspecified atom stereocenters. The fourth-order valence-corrected chi connectivity index (χ4v) is 1.35. The van der Waals surface area contributed by atoms with Crippen molar-refractivity contribution in [3.8, 4) is 12.3 Å². The monoisotopic (exact) mass is 221 g/mol. The van der Waals surface area contributed by atoms with Gasteiger partial charge < -0.3 is 15.0 Å². The van der Waals surface area contributed by atoms with Gasteiger partial charge in [0.05, 0.1) is 12.9 Å². The minimum absolute atomic E-state index is 0.0145. The molecule has 0 radical (unpaired) electrons. The summed E-state index contributed by atoms with van der Waals surface area (Å²) in [4.78, 5) is 15.4. The van der Waals surface area contributed by atoms with E-state index in [1.807, 2.05) is 6.92 Å². The van der Waals surface area contributed by atoms with Crippen LogP contribution in [0, 0.1) is 12.3 Å². The second kappa shape index (κ2) is 5.21. The number of aromatic nitrogens is 2. The molecule has 1 aromatic heterocycles. The van der Waals surface area contributed by atoms with Crippen molar-refractivity contribution in [1.29, 1.82) is 0 Å². The summed E-state index contributed by atoms with van der Waals surface area (Å²) in [5, 5.41) is 0. The van der Waals surface area contributed by atoms with E-state index in [0.29, 0.717) is 18.8 Å². The molecule has 0 aromatic carbocycles. The van der Waals surface area contributed by atoms with Crippen LogP contribution in [-0.4, -0.2) is 22.1 Å². The van der Waals surface area contributed by atoms with Crippen molar-refractivity contribution >= 4 is 11.8 Å². The second-order valence-corrected chi connectivity index (χ2v) is 3.36. The van der Waals surface area contributed by atoms with Crippen molar-refractivity contribution in [2.75, 3.05) is 12.3 Å². The number of esters is 1. The first-order valence-corrected chi connectivity index (χ1v) is 5.04. The number of imidazole rings is 1. The zero-order valence-electron chi connectivity index (χ0n) is 9.43. The van der Waals surface area contributed by atoms with Crippen LogP contribution in [0.15, 0.2) is 6.33 Å². The van der Waals surface area contributed by atoms with Crippen molar-refractivity contribution in [1.82, 2.24) is 9.55 Å². The molecule has 1 aromatic rings. The van der Waals surface area contributed by atoms with Gasteiger partial charge in [-0.05, 0) is 13.8 Å². The summed E-state index contributed by atoms with van der Waals surface area (Å²) in [5.74, 6) is 2.32. The summed E-state index contributed by atoms with van der Waals surface area (Å²) in [6.45, 7) is 3.93. The summed E-state index contributed by atoms with van der Waals surface area (Å²) in [6, 6.07) is 0.0145. The van der Waals surface area contributed by atoms with Crippen LogP contribution in [0.5, 0.6) is 0 Å². The number of carbonyl (C=O) groups is 1. The normalized spacial score (nSPS) is 11.8. The first-order valence-electron chi connectivity index (χ1n) is 5.04. The molecule has 1 rings (SSSR count). The molecule has 0 saturated carbocycles. The first-order chi connectivity index (χ1) is 7.61. The highest BCUT2D eigenvalue weighted by molar-refractivity contribution is 5.92. The predicted octanol–water partition coefficient (Wildman–Crippen LogP) is 1.23. The highest BCUT2D eigenvalue weighted by atomic mass is 16.5. The SMILES string of the molecule is C#CCC(C)n1cnc(C(=O)OCC)c1N. The summed E-state index contributed by atoms with van der Waals surface area (Å²) in [5.41, 5.74) is 5.94. The highest BCUT2D eigenvalue weighted by Gasteiger charge is 2.18. The second-order valence-electron chi connectivity index (χ2n) is 3.36. The predicted molar refractivity (Wildman–Crippen MR) is 60.8 cm³/mol. The molecule has 0 bridgehead atoms. The maximum Gasteiger partial charge on any atom is 0.360 e. The molecule has 2 N–H and O–H groups in total. The average Bonchev–Trinajstić information content (AvgIpc) is 2.61. The Morgan fingerprint density at radius 3 is 3.06 bits per heavy atom.